The van der Waals surface area contributed by atoms with Crippen LogP contribution in [0.5, 0.6) is 5.75 Å². The smallest absolute Gasteiger partial charge is 0.266 e. The van der Waals surface area contributed by atoms with Crippen molar-refractivity contribution in [1.29, 1.82) is 0 Å². The minimum atomic E-state index is -2.61. The van der Waals surface area contributed by atoms with Gasteiger partial charge in [-0.15, -0.1) is 0 Å². The lowest BCUT2D eigenvalue weighted by molar-refractivity contribution is 0.0257. The molecule has 0 aliphatic carbocycles. The Morgan fingerprint density at radius 3 is 2.65 bits per heavy atom. The molecule has 5 heteroatoms. The molecular formula is C12H14ClF2NO. The molecule has 94 valence electrons. The summed E-state index contributed by atoms with van der Waals surface area (Å²) in [5.74, 6) is -2.07. The fraction of sp³-hybridized carbons (Fsp3) is 0.500. The first kappa shape index (κ1) is 12.4. The number of rotatable bonds is 2. The lowest BCUT2D eigenvalue weighted by atomic mass is 10.2. The Morgan fingerprint density at radius 2 is 2.12 bits per heavy atom. The van der Waals surface area contributed by atoms with Gasteiger partial charge in [0, 0.05) is 24.1 Å². The van der Waals surface area contributed by atoms with E-state index in [0.29, 0.717) is 23.0 Å². The highest BCUT2D eigenvalue weighted by Gasteiger charge is 2.39. The number of hydrogen-bond acceptors (Lipinski definition) is 2. The van der Waals surface area contributed by atoms with Crippen molar-refractivity contribution < 1.29 is 13.5 Å². The van der Waals surface area contributed by atoms with Crippen molar-refractivity contribution in [2.45, 2.75) is 19.3 Å². The molecule has 0 saturated carbocycles. The number of anilines is 1. The van der Waals surface area contributed by atoms with E-state index < -0.39 is 5.92 Å². The van der Waals surface area contributed by atoms with E-state index in [1.165, 1.54) is 7.11 Å². The van der Waals surface area contributed by atoms with E-state index in [1.54, 1.807) is 17.0 Å². The summed E-state index contributed by atoms with van der Waals surface area (Å²) in [7, 11) is 1.51. The molecule has 0 atom stereocenters. The number of halogens is 3. The van der Waals surface area contributed by atoms with Gasteiger partial charge in [0.2, 0.25) is 0 Å². The van der Waals surface area contributed by atoms with Crippen LogP contribution in [0.1, 0.15) is 12.0 Å². The number of nitrogens with zero attached hydrogens (tertiary/aromatic N) is 1. The van der Waals surface area contributed by atoms with Crippen molar-refractivity contribution in [2.75, 3.05) is 25.1 Å². The fourth-order valence-corrected chi connectivity index (χ4v) is 2.15. The third-order valence-corrected chi connectivity index (χ3v) is 3.38. The van der Waals surface area contributed by atoms with E-state index in [1.807, 2.05) is 6.92 Å². The monoisotopic (exact) mass is 261 g/mol. The second-order valence-electron chi connectivity index (χ2n) is 4.30. The van der Waals surface area contributed by atoms with Gasteiger partial charge in [0.25, 0.3) is 5.92 Å². The highest BCUT2D eigenvalue weighted by Crippen LogP contribution is 2.38. The SMILES string of the molecule is COc1cc(Cl)c(C)cc1N1CCC(F)(F)C1. The van der Waals surface area contributed by atoms with E-state index in [0.717, 1.165) is 5.56 Å². The zero-order valence-electron chi connectivity index (χ0n) is 9.77. The van der Waals surface area contributed by atoms with Gasteiger partial charge in [-0.3, -0.25) is 0 Å². The third kappa shape index (κ3) is 2.46. The molecule has 0 amide bonds. The minimum absolute atomic E-state index is 0.113. The summed E-state index contributed by atoms with van der Waals surface area (Å²) >= 11 is 5.98. The summed E-state index contributed by atoms with van der Waals surface area (Å²) in [6.07, 6.45) is -0.113. The van der Waals surface area contributed by atoms with E-state index >= 15 is 0 Å². The molecule has 1 saturated heterocycles. The summed E-state index contributed by atoms with van der Waals surface area (Å²) < 4.78 is 31.6. The van der Waals surface area contributed by atoms with Crippen LogP contribution in [0, 0.1) is 6.92 Å². The Labute approximate surface area is 104 Å². The van der Waals surface area contributed by atoms with Gasteiger partial charge in [-0.05, 0) is 18.6 Å². The molecule has 17 heavy (non-hydrogen) atoms. The first-order chi connectivity index (χ1) is 7.93. The van der Waals surface area contributed by atoms with Crippen LogP contribution < -0.4 is 9.64 Å². The number of aryl methyl sites for hydroxylation is 1. The molecule has 1 aliphatic heterocycles. The standard InChI is InChI=1S/C12H14ClF2NO/c1-8-5-10(11(17-2)6-9(8)13)16-4-3-12(14,15)7-16/h5-6H,3-4,7H2,1-2H3. The fourth-order valence-electron chi connectivity index (χ4n) is 2.00. The van der Waals surface area contributed by atoms with Gasteiger partial charge >= 0.3 is 0 Å². The zero-order chi connectivity index (χ0) is 12.6. The Kier molecular flexibility index (Phi) is 3.17. The maximum Gasteiger partial charge on any atom is 0.266 e. The Balaban J connectivity index is 2.35. The summed E-state index contributed by atoms with van der Waals surface area (Å²) in [6, 6.07) is 3.46. The topological polar surface area (TPSA) is 12.5 Å². The largest absolute Gasteiger partial charge is 0.495 e. The first-order valence-electron chi connectivity index (χ1n) is 5.40. The van der Waals surface area contributed by atoms with Crippen LogP contribution >= 0.6 is 11.6 Å². The lowest BCUT2D eigenvalue weighted by Gasteiger charge is -2.21. The maximum atomic E-state index is 13.2. The molecule has 2 rings (SSSR count). The van der Waals surface area contributed by atoms with E-state index in [-0.39, 0.29) is 13.0 Å². The van der Waals surface area contributed by atoms with Crippen LogP contribution in [0.25, 0.3) is 0 Å². The predicted molar refractivity (Wildman–Crippen MR) is 64.5 cm³/mol. The second kappa shape index (κ2) is 4.33. The number of methoxy groups -OCH3 is 1. The Morgan fingerprint density at radius 1 is 1.41 bits per heavy atom. The van der Waals surface area contributed by atoms with Crippen molar-refractivity contribution in [1.82, 2.24) is 0 Å². The van der Waals surface area contributed by atoms with Gasteiger partial charge in [0.05, 0.1) is 19.3 Å². The van der Waals surface area contributed by atoms with Gasteiger partial charge in [0.1, 0.15) is 5.75 Å². The molecule has 0 bridgehead atoms. The molecule has 0 spiro atoms. The van der Waals surface area contributed by atoms with Crippen LogP contribution in [0.3, 0.4) is 0 Å². The lowest BCUT2D eigenvalue weighted by Crippen LogP contribution is -2.25. The molecule has 1 aromatic rings. The Hall–Kier alpha value is -1.03. The third-order valence-electron chi connectivity index (χ3n) is 2.97. The van der Waals surface area contributed by atoms with E-state index in [2.05, 4.69) is 0 Å². The van der Waals surface area contributed by atoms with E-state index in [4.69, 9.17) is 16.3 Å². The molecular weight excluding hydrogens is 248 g/mol. The second-order valence-corrected chi connectivity index (χ2v) is 4.71. The molecule has 0 aromatic heterocycles. The Bertz CT molecular complexity index is 437. The van der Waals surface area contributed by atoms with Crippen molar-refractivity contribution in [2.24, 2.45) is 0 Å². The van der Waals surface area contributed by atoms with Crippen molar-refractivity contribution >= 4 is 17.3 Å². The molecule has 2 nitrogen and oxygen atoms in total. The van der Waals surface area contributed by atoms with Gasteiger partial charge in [-0.1, -0.05) is 11.6 Å². The molecule has 1 aliphatic rings. The summed E-state index contributed by atoms with van der Waals surface area (Å²) in [6.45, 7) is 1.92. The molecule has 1 fully saturated rings. The maximum absolute atomic E-state index is 13.2. The van der Waals surface area contributed by atoms with Gasteiger partial charge < -0.3 is 9.64 Å². The van der Waals surface area contributed by atoms with Crippen LogP contribution in [0.2, 0.25) is 5.02 Å². The summed E-state index contributed by atoms with van der Waals surface area (Å²) in [5, 5.41) is 0.580. The zero-order valence-corrected chi connectivity index (χ0v) is 10.5. The number of alkyl halides is 2. The highest BCUT2D eigenvalue weighted by molar-refractivity contribution is 6.31. The average Bonchev–Trinajstić information content (AvgIpc) is 2.62. The van der Waals surface area contributed by atoms with Crippen LogP contribution in [0.4, 0.5) is 14.5 Å². The summed E-state index contributed by atoms with van der Waals surface area (Å²) in [5.41, 5.74) is 1.55. The van der Waals surface area contributed by atoms with Gasteiger partial charge in [-0.25, -0.2) is 8.78 Å². The van der Waals surface area contributed by atoms with Crippen molar-refractivity contribution in [3.05, 3.63) is 22.7 Å². The number of ether oxygens (including phenoxy) is 1. The predicted octanol–water partition coefficient (Wildman–Crippen LogP) is 3.50. The number of benzene rings is 1. The van der Waals surface area contributed by atoms with Gasteiger partial charge in [-0.2, -0.15) is 0 Å². The molecule has 0 N–H and O–H groups in total. The molecule has 0 radical (unpaired) electrons. The number of hydrogen-bond donors (Lipinski definition) is 0. The quantitative estimate of drug-likeness (QED) is 0.808. The first-order valence-corrected chi connectivity index (χ1v) is 5.78. The summed E-state index contributed by atoms with van der Waals surface area (Å²) in [4.78, 5) is 1.64. The average molecular weight is 262 g/mol. The van der Waals surface area contributed by atoms with Crippen LogP contribution in [-0.2, 0) is 0 Å². The van der Waals surface area contributed by atoms with Gasteiger partial charge in [0.15, 0.2) is 0 Å². The van der Waals surface area contributed by atoms with E-state index in [9.17, 15) is 8.78 Å². The van der Waals surface area contributed by atoms with Crippen molar-refractivity contribution in [3.63, 3.8) is 0 Å². The molecule has 1 aromatic carbocycles. The minimum Gasteiger partial charge on any atom is -0.495 e. The van der Waals surface area contributed by atoms with Crippen LogP contribution in [0.15, 0.2) is 12.1 Å². The molecule has 0 unspecified atom stereocenters. The highest BCUT2D eigenvalue weighted by atomic mass is 35.5. The molecule has 1 heterocycles. The van der Waals surface area contributed by atoms with Crippen LogP contribution in [-0.4, -0.2) is 26.1 Å². The van der Waals surface area contributed by atoms with Crippen molar-refractivity contribution in [3.8, 4) is 5.75 Å². The normalized spacial score (nSPS) is 18.5.